The third-order valence-corrected chi connectivity index (χ3v) is 2.99. The third kappa shape index (κ3) is 4.60. The van der Waals surface area contributed by atoms with Gasteiger partial charge in [0, 0.05) is 5.69 Å². The second kappa shape index (κ2) is 6.62. The molecule has 2 aromatic carbocycles. The molecule has 0 aromatic heterocycles. The highest BCUT2D eigenvalue weighted by Crippen LogP contribution is 2.21. The first-order chi connectivity index (χ1) is 10.3. The molecule has 116 valence electrons. The molecule has 1 atom stereocenters. The Morgan fingerprint density at radius 3 is 2.18 bits per heavy atom. The number of carbonyl (C=O) groups is 1. The Morgan fingerprint density at radius 2 is 1.64 bits per heavy atom. The number of benzene rings is 2. The highest BCUT2D eigenvalue weighted by atomic mass is 16.5. The summed E-state index contributed by atoms with van der Waals surface area (Å²) in [5.74, 6) is 0.522. The zero-order valence-corrected chi connectivity index (χ0v) is 13.2. The van der Waals surface area contributed by atoms with Crippen molar-refractivity contribution >= 4 is 11.6 Å². The monoisotopic (exact) mass is 298 g/mol. The lowest BCUT2D eigenvalue weighted by Crippen LogP contribution is -2.27. The molecule has 4 heteroatoms. The second-order valence-corrected chi connectivity index (χ2v) is 6.12. The zero-order chi connectivity index (χ0) is 16.2. The van der Waals surface area contributed by atoms with E-state index in [-0.39, 0.29) is 11.5 Å². The number of ether oxygens (including phenoxy) is 1. The van der Waals surface area contributed by atoms with Gasteiger partial charge in [-0.15, -0.1) is 0 Å². The van der Waals surface area contributed by atoms with Gasteiger partial charge in [0.1, 0.15) is 17.4 Å². The summed E-state index contributed by atoms with van der Waals surface area (Å²) >= 11 is 0. The summed E-state index contributed by atoms with van der Waals surface area (Å²) in [5, 5.41) is 2.81. The van der Waals surface area contributed by atoms with Gasteiger partial charge in [-0.1, -0.05) is 30.3 Å². The van der Waals surface area contributed by atoms with Crippen molar-refractivity contribution in [2.45, 2.75) is 32.4 Å². The predicted molar refractivity (Wildman–Crippen MR) is 88.8 cm³/mol. The average molecular weight is 298 g/mol. The van der Waals surface area contributed by atoms with Crippen LogP contribution in [0, 0.1) is 0 Å². The minimum atomic E-state index is -0.688. The molecule has 0 aliphatic heterocycles. The zero-order valence-electron chi connectivity index (χ0n) is 13.2. The van der Waals surface area contributed by atoms with E-state index in [1.54, 1.807) is 12.1 Å². The van der Waals surface area contributed by atoms with Gasteiger partial charge >= 0.3 is 0 Å². The first-order valence-corrected chi connectivity index (χ1v) is 7.26. The summed E-state index contributed by atoms with van der Waals surface area (Å²) < 4.78 is 5.74. The van der Waals surface area contributed by atoms with Crippen molar-refractivity contribution in [3.05, 3.63) is 60.2 Å². The second-order valence-electron chi connectivity index (χ2n) is 6.12. The predicted octanol–water partition coefficient (Wildman–Crippen LogP) is 3.50. The minimum absolute atomic E-state index is 0.240. The van der Waals surface area contributed by atoms with Crippen LogP contribution < -0.4 is 15.8 Å². The van der Waals surface area contributed by atoms with E-state index in [1.165, 1.54) is 0 Å². The highest BCUT2D eigenvalue weighted by molar-refractivity contribution is 5.95. The molecular formula is C18H22N2O2. The van der Waals surface area contributed by atoms with Crippen molar-refractivity contribution in [2.75, 3.05) is 5.32 Å². The fourth-order valence-electron chi connectivity index (χ4n) is 1.99. The van der Waals surface area contributed by atoms with Gasteiger partial charge in [-0.05, 0) is 50.6 Å². The average Bonchev–Trinajstić information content (AvgIpc) is 2.48. The van der Waals surface area contributed by atoms with E-state index in [2.05, 4.69) is 5.32 Å². The van der Waals surface area contributed by atoms with Crippen LogP contribution in [0.3, 0.4) is 0 Å². The number of hydrogen-bond acceptors (Lipinski definition) is 3. The molecule has 3 N–H and O–H groups in total. The van der Waals surface area contributed by atoms with Crippen LogP contribution in [0.25, 0.3) is 0 Å². The molecule has 4 nitrogen and oxygen atoms in total. The topological polar surface area (TPSA) is 64.3 Å². The first-order valence-electron chi connectivity index (χ1n) is 7.26. The SMILES string of the molecule is CC(C)(C)Oc1ccc(NC(=O)C(N)c2ccccc2)cc1. The molecule has 1 unspecified atom stereocenters. The Labute approximate surface area is 131 Å². The highest BCUT2D eigenvalue weighted by Gasteiger charge is 2.16. The van der Waals surface area contributed by atoms with E-state index >= 15 is 0 Å². The lowest BCUT2D eigenvalue weighted by Gasteiger charge is -2.21. The molecule has 22 heavy (non-hydrogen) atoms. The van der Waals surface area contributed by atoms with Crippen molar-refractivity contribution in [3.63, 3.8) is 0 Å². The molecule has 2 aromatic rings. The van der Waals surface area contributed by atoms with Gasteiger partial charge < -0.3 is 15.8 Å². The molecule has 0 radical (unpaired) electrons. The van der Waals surface area contributed by atoms with Crippen molar-refractivity contribution in [3.8, 4) is 5.75 Å². The molecule has 0 heterocycles. The number of nitrogens with one attached hydrogen (secondary N) is 1. The molecule has 2 rings (SSSR count). The van der Waals surface area contributed by atoms with Crippen molar-refractivity contribution < 1.29 is 9.53 Å². The molecule has 1 amide bonds. The lowest BCUT2D eigenvalue weighted by molar-refractivity contribution is -0.117. The summed E-state index contributed by atoms with van der Waals surface area (Å²) in [7, 11) is 0. The quantitative estimate of drug-likeness (QED) is 0.908. The normalized spacial score (nSPS) is 12.5. The van der Waals surface area contributed by atoms with Crippen LogP contribution in [0.2, 0.25) is 0 Å². The molecular weight excluding hydrogens is 276 g/mol. The van der Waals surface area contributed by atoms with Crippen LogP contribution in [0.1, 0.15) is 32.4 Å². The van der Waals surface area contributed by atoms with E-state index in [0.29, 0.717) is 5.69 Å². The van der Waals surface area contributed by atoms with E-state index < -0.39 is 6.04 Å². The van der Waals surface area contributed by atoms with Gasteiger partial charge in [0.25, 0.3) is 0 Å². The summed E-state index contributed by atoms with van der Waals surface area (Å²) in [6.45, 7) is 5.96. The summed E-state index contributed by atoms with van der Waals surface area (Å²) in [4.78, 5) is 12.2. The molecule has 0 aliphatic rings. The van der Waals surface area contributed by atoms with Crippen LogP contribution in [-0.4, -0.2) is 11.5 Å². The number of hydrogen-bond donors (Lipinski definition) is 2. The van der Waals surface area contributed by atoms with E-state index in [1.807, 2.05) is 63.2 Å². The Morgan fingerprint density at radius 1 is 1.05 bits per heavy atom. The number of rotatable bonds is 4. The van der Waals surface area contributed by atoms with Crippen molar-refractivity contribution in [1.29, 1.82) is 0 Å². The van der Waals surface area contributed by atoms with Gasteiger partial charge in [0.05, 0.1) is 0 Å². The van der Waals surface area contributed by atoms with Gasteiger partial charge in [-0.3, -0.25) is 4.79 Å². The molecule has 0 bridgehead atoms. The maximum atomic E-state index is 12.2. The Hall–Kier alpha value is -2.33. The third-order valence-electron chi connectivity index (χ3n) is 2.99. The Bertz CT molecular complexity index is 616. The van der Waals surface area contributed by atoms with Gasteiger partial charge in [-0.25, -0.2) is 0 Å². The molecule has 0 spiro atoms. The number of amides is 1. The smallest absolute Gasteiger partial charge is 0.245 e. The summed E-state index contributed by atoms with van der Waals surface area (Å²) in [6.07, 6.45) is 0. The first kappa shape index (κ1) is 16.0. The van der Waals surface area contributed by atoms with Crippen LogP contribution in [0.15, 0.2) is 54.6 Å². The van der Waals surface area contributed by atoms with Crippen LogP contribution >= 0.6 is 0 Å². The van der Waals surface area contributed by atoms with Crippen LogP contribution in [-0.2, 0) is 4.79 Å². The van der Waals surface area contributed by atoms with Gasteiger partial charge in [0.2, 0.25) is 5.91 Å². The minimum Gasteiger partial charge on any atom is -0.488 e. The molecule has 0 saturated heterocycles. The fourth-order valence-corrected chi connectivity index (χ4v) is 1.99. The summed E-state index contributed by atoms with van der Waals surface area (Å²) in [5.41, 5.74) is 7.19. The molecule has 0 aliphatic carbocycles. The van der Waals surface area contributed by atoms with Crippen LogP contribution in [0.4, 0.5) is 5.69 Å². The Balaban J connectivity index is 2.00. The van der Waals surface area contributed by atoms with E-state index in [9.17, 15) is 4.79 Å². The molecule has 0 fully saturated rings. The standard InChI is InChI=1S/C18H22N2O2/c1-18(2,3)22-15-11-9-14(10-12-15)20-17(21)16(19)13-7-5-4-6-8-13/h4-12,16H,19H2,1-3H3,(H,20,21). The van der Waals surface area contributed by atoms with Crippen LogP contribution in [0.5, 0.6) is 5.75 Å². The van der Waals surface area contributed by atoms with E-state index in [0.717, 1.165) is 11.3 Å². The summed E-state index contributed by atoms with van der Waals surface area (Å²) in [6, 6.07) is 15.9. The van der Waals surface area contributed by atoms with Crippen molar-refractivity contribution in [2.24, 2.45) is 5.73 Å². The van der Waals surface area contributed by atoms with Crippen molar-refractivity contribution in [1.82, 2.24) is 0 Å². The maximum absolute atomic E-state index is 12.2. The largest absolute Gasteiger partial charge is 0.488 e. The van der Waals surface area contributed by atoms with Gasteiger partial charge in [-0.2, -0.15) is 0 Å². The number of nitrogens with two attached hydrogens (primary N) is 1. The number of carbonyl (C=O) groups excluding carboxylic acids is 1. The molecule has 0 saturated carbocycles. The van der Waals surface area contributed by atoms with Gasteiger partial charge in [0.15, 0.2) is 0 Å². The maximum Gasteiger partial charge on any atom is 0.245 e. The number of anilines is 1. The Kier molecular flexibility index (Phi) is 4.83. The fraction of sp³-hybridized carbons (Fsp3) is 0.278. The lowest BCUT2D eigenvalue weighted by atomic mass is 10.1. The van der Waals surface area contributed by atoms with E-state index in [4.69, 9.17) is 10.5 Å².